The van der Waals surface area contributed by atoms with Gasteiger partial charge in [-0.1, -0.05) is 0 Å². The van der Waals surface area contributed by atoms with Crippen molar-refractivity contribution in [2.75, 3.05) is 21.3 Å². The van der Waals surface area contributed by atoms with Crippen molar-refractivity contribution >= 4 is 17.9 Å². The Morgan fingerprint density at radius 3 is 2.05 bits per heavy atom. The Morgan fingerprint density at radius 1 is 1.10 bits per heavy atom. The van der Waals surface area contributed by atoms with Gasteiger partial charge < -0.3 is 25.7 Å². The minimum absolute atomic E-state index is 0.287. The molecule has 0 heterocycles. The number of hydrogen-bond donors (Lipinski definition) is 2. The summed E-state index contributed by atoms with van der Waals surface area (Å²) in [5, 5.41) is 0. The molecule has 0 aromatic heterocycles. The Labute approximate surface area is 116 Å². The second kappa shape index (κ2) is 7.03. The van der Waals surface area contributed by atoms with Crippen LogP contribution in [0.3, 0.4) is 0 Å². The largest absolute Gasteiger partial charge is 0.493 e. The van der Waals surface area contributed by atoms with Crippen molar-refractivity contribution in [3.8, 4) is 17.2 Å². The lowest BCUT2D eigenvalue weighted by atomic mass is 10.1. The van der Waals surface area contributed by atoms with E-state index < -0.39 is 5.91 Å². The summed E-state index contributed by atoms with van der Waals surface area (Å²) in [5.74, 6) is 0.604. The summed E-state index contributed by atoms with van der Waals surface area (Å²) in [5.41, 5.74) is 10.9. The molecule has 0 bridgehead atoms. The molecule has 0 saturated heterocycles. The van der Waals surface area contributed by atoms with Gasteiger partial charge in [0.25, 0.3) is 5.91 Å². The van der Waals surface area contributed by atoms with Gasteiger partial charge in [-0.3, -0.25) is 4.79 Å². The summed E-state index contributed by atoms with van der Waals surface area (Å²) in [6.07, 6.45) is 2.78. The van der Waals surface area contributed by atoms with Crippen molar-refractivity contribution in [2.24, 2.45) is 16.5 Å². The summed E-state index contributed by atoms with van der Waals surface area (Å²) in [4.78, 5) is 14.7. The van der Waals surface area contributed by atoms with E-state index in [1.807, 2.05) is 0 Å². The summed E-state index contributed by atoms with van der Waals surface area (Å²) < 4.78 is 15.6. The normalized spacial score (nSPS) is 10.2. The zero-order chi connectivity index (χ0) is 15.1. The minimum Gasteiger partial charge on any atom is -0.493 e. The zero-order valence-corrected chi connectivity index (χ0v) is 11.5. The number of nitrogens with zero attached hydrogens (tertiary/aromatic N) is 1. The molecule has 0 aliphatic carbocycles. The predicted molar refractivity (Wildman–Crippen MR) is 75.9 cm³/mol. The Hall–Kier alpha value is -2.70. The standard InChI is InChI=1S/C13H17N3O4/c1-18-9-6-8(4-5-11(17)16-13(14)15)7-10(19-2)12(9)20-3/h4-7H,1-3H3,(H4,14,15,16,17). The molecular weight excluding hydrogens is 262 g/mol. The van der Waals surface area contributed by atoms with Crippen molar-refractivity contribution in [3.05, 3.63) is 23.8 Å². The molecule has 1 rings (SSSR count). The highest BCUT2D eigenvalue weighted by molar-refractivity contribution is 5.99. The van der Waals surface area contributed by atoms with Crippen LogP contribution in [0.4, 0.5) is 0 Å². The third-order valence-corrected chi connectivity index (χ3v) is 2.34. The van der Waals surface area contributed by atoms with Crippen molar-refractivity contribution in [1.29, 1.82) is 0 Å². The monoisotopic (exact) mass is 279 g/mol. The Bertz CT molecular complexity index is 524. The van der Waals surface area contributed by atoms with Crippen LogP contribution in [0.5, 0.6) is 17.2 Å². The third kappa shape index (κ3) is 3.91. The highest BCUT2D eigenvalue weighted by Crippen LogP contribution is 2.38. The van der Waals surface area contributed by atoms with E-state index in [1.165, 1.54) is 27.4 Å². The van der Waals surface area contributed by atoms with Gasteiger partial charge in [-0.2, -0.15) is 4.99 Å². The lowest BCUT2D eigenvalue weighted by Gasteiger charge is -2.12. The average molecular weight is 279 g/mol. The van der Waals surface area contributed by atoms with E-state index in [4.69, 9.17) is 25.7 Å². The predicted octanol–water partition coefficient (Wildman–Crippen LogP) is 0.526. The molecule has 1 aromatic carbocycles. The van der Waals surface area contributed by atoms with Gasteiger partial charge in [0.15, 0.2) is 17.5 Å². The summed E-state index contributed by atoms with van der Waals surface area (Å²) in [6, 6.07) is 3.39. The maximum atomic E-state index is 11.3. The highest BCUT2D eigenvalue weighted by atomic mass is 16.5. The molecule has 0 aliphatic heterocycles. The summed E-state index contributed by atoms with van der Waals surface area (Å²) in [7, 11) is 4.53. The molecule has 7 heteroatoms. The number of carbonyl (C=O) groups is 1. The lowest BCUT2D eigenvalue weighted by molar-refractivity contribution is -0.113. The second-order valence-corrected chi connectivity index (χ2v) is 3.67. The van der Waals surface area contributed by atoms with Crippen LogP contribution in [0.15, 0.2) is 23.2 Å². The number of amides is 1. The SMILES string of the molecule is COc1cc(C=CC(=O)N=C(N)N)cc(OC)c1OC. The van der Waals surface area contributed by atoms with Gasteiger partial charge >= 0.3 is 0 Å². The maximum Gasteiger partial charge on any atom is 0.272 e. The fourth-order valence-corrected chi connectivity index (χ4v) is 1.53. The third-order valence-electron chi connectivity index (χ3n) is 2.34. The summed E-state index contributed by atoms with van der Waals surface area (Å²) >= 11 is 0. The molecule has 1 amide bonds. The van der Waals surface area contributed by atoms with Crippen LogP contribution in [-0.2, 0) is 4.79 Å². The van der Waals surface area contributed by atoms with Gasteiger partial charge in [0.05, 0.1) is 21.3 Å². The molecule has 20 heavy (non-hydrogen) atoms. The van der Waals surface area contributed by atoms with Crippen LogP contribution < -0.4 is 25.7 Å². The van der Waals surface area contributed by atoms with Crippen molar-refractivity contribution in [3.63, 3.8) is 0 Å². The minimum atomic E-state index is -0.557. The van der Waals surface area contributed by atoms with Gasteiger partial charge in [-0.05, 0) is 23.8 Å². The average Bonchev–Trinajstić information content (AvgIpc) is 2.42. The number of carbonyl (C=O) groups excluding carboxylic acids is 1. The topological polar surface area (TPSA) is 109 Å². The molecule has 0 spiro atoms. The molecule has 0 radical (unpaired) electrons. The van der Waals surface area contributed by atoms with Crippen LogP contribution >= 0.6 is 0 Å². The Balaban J connectivity index is 3.11. The van der Waals surface area contributed by atoms with Crippen LogP contribution in [0.25, 0.3) is 6.08 Å². The molecule has 0 atom stereocenters. The number of aliphatic imine (C=N–C) groups is 1. The molecule has 4 N–H and O–H groups in total. The lowest BCUT2D eigenvalue weighted by Crippen LogP contribution is -2.23. The quantitative estimate of drug-likeness (QED) is 0.462. The van der Waals surface area contributed by atoms with E-state index in [1.54, 1.807) is 18.2 Å². The van der Waals surface area contributed by atoms with Gasteiger partial charge in [-0.25, -0.2) is 0 Å². The molecule has 0 fully saturated rings. The summed E-state index contributed by atoms with van der Waals surface area (Å²) in [6.45, 7) is 0. The van der Waals surface area contributed by atoms with E-state index in [0.717, 1.165) is 0 Å². The van der Waals surface area contributed by atoms with Crippen molar-refractivity contribution in [1.82, 2.24) is 0 Å². The second-order valence-electron chi connectivity index (χ2n) is 3.67. The van der Waals surface area contributed by atoms with Gasteiger partial charge in [-0.15, -0.1) is 0 Å². The van der Waals surface area contributed by atoms with Crippen molar-refractivity contribution < 1.29 is 19.0 Å². The fraction of sp³-hybridized carbons (Fsp3) is 0.231. The van der Waals surface area contributed by atoms with Crippen LogP contribution in [0, 0.1) is 0 Å². The van der Waals surface area contributed by atoms with Gasteiger partial charge in [0.2, 0.25) is 5.75 Å². The maximum absolute atomic E-state index is 11.3. The van der Waals surface area contributed by atoms with Gasteiger partial charge in [0, 0.05) is 6.08 Å². The number of guanidine groups is 1. The number of hydrogen-bond acceptors (Lipinski definition) is 4. The molecule has 108 valence electrons. The number of benzene rings is 1. The fourth-order valence-electron chi connectivity index (χ4n) is 1.53. The van der Waals surface area contributed by atoms with E-state index in [-0.39, 0.29) is 5.96 Å². The molecule has 1 aromatic rings. The Kier molecular flexibility index (Phi) is 5.40. The zero-order valence-electron chi connectivity index (χ0n) is 11.5. The first-order valence-corrected chi connectivity index (χ1v) is 5.63. The molecule has 7 nitrogen and oxygen atoms in total. The van der Waals surface area contributed by atoms with E-state index in [0.29, 0.717) is 22.8 Å². The molecular formula is C13H17N3O4. The number of nitrogens with two attached hydrogens (primary N) is 2. The molecule has 0 saturated carbocycles. The Morgan fingerprint density at radius 2 is 1.65 bits per heavy atom. The van der Waals surface area contributed by atoms with Crippen LogP contribution in [0.1, 0.15) is 5.56 Å². The molecule has 0 unspecified atom stereocenters. The van der Waals surface area contributed by atoms with Crippen molar-refractivity contribution in [2.45, 2.75) is 0 Å². The number of methoxy groups -OCH3 is 3. The first-order chi connectivity index (χ1) is 9.51. The number of ether oxygens (including phenoxy) is 3. The van der Waals surface area contributed by atoms with E-state index >= 15 is 0 Å². The van der Waals surface area contributed by atoms with E-state index in [2.05, 4.69) is 4.99 Å². The number of rotatable bonds is 5. The highest BCUT2D eigenvalue weighted by Gasteiger charge is 2.12. The first-order valence-electron chi connectivity index (χ1n) is 5.63. The molecule has 0 aliphatic rings. The van der Waals surface area contributed by atoms with Crippen LogP contribution in [-0.4, -0.2) is 33.2 Å². The van der Waals surface area contributed by atoms with Crippen LogP contribution in [0.2, 0.25) is 0 Å². The first kappa shape index (κ1) is 15.4. The van der Waals surface area contributed by atoms with Gasteiger partial charge in [0.1, 0.15) is 0 Å². The van der Waals surface area contributed by atoms with E-state index in [9.17, 15) is 4.79 Å². The smallest absolute Gasteiger partial charge is 0.272 e.